The number of nitrogens with one attached hydrogen (secondary N) is 1. The fourth-order valence-electron chi connectivity index (χ4n) is 1.97. The number of rotatable bonds is 8. The molecule has 0 aliphatic heterocycles. The second-order valence-corrected chi connectivity index (χ2v) is 4.92. The van der Waals surface area contributed by atoms with Crippen LogP contribution in [0.2, 0.25) is 0 Å². The third-order valence-corrected chi connectivity index (χ3v) is 3.17. The van der Waals surface area contributed by atoms with Crippen LogP contribution in [0.4, 0.5) is 4.39 Å². The van der Waals surface area contributed by atoms with E-state index in [0.717, 1.165) is 12.0 Å². The number of halogens is 1. The van der Waals surface area contributed by atoms with E-state index in [0.29, 0.717) is 17.9 Å². The average molecular weight is 302 g/mol. The summed E-state index contributed by atoms with van der Waals surface area (Å²) in [6.45, 7) is 1.06. The number of amides is 1. The summed E-state index contributed by atoms with van der Waals surface area (Å²) in [5.74, 6) is 0.0636. The van der Waals surface area contributed by atoms with Crippen molar-refractivity contribution in [3.05, 3.63) is 65.5 Å². The second kappa shape index (κ2) is 8.14. The molecular formula is C17H19FN2O2. The molecule has 0 aliphatic rings. The van der Waals surface area contributed by atoms with E-state index in [1.807, 2.05) is 24.3 Å². The zero-order chi connectivity index (χ0) is 15.8. The van der Waals surface area contributed by atoms with Crippen LogP contribution in [0.5, 0.6) is 5.75 Å². The first kappa shape index (κ1) is 16.0. The van der Waals surface area contributed by atoms with Crippen LogP contribution in [0.25, 0.3) is 0 Å². The summed E-state index contributed by atoms with van der Waals surface area (Å²) in [5, 5.41) is 2.95. The first-order chi connectivity index (χ1) is 10.6. The minimum Gasteiger partial charge on any atom is -0.489 e. The van der Waals surface area contributed by atoms with Crippen LogP contribution >= 0.6 is 0 Å². The Labute approximate surface area is 129 Å². The highest BCUT2D eigenvalue weighted by Gasteiger charge is 2.02. The van der Waals surface area contributed by atoms with E-state index in [9.17, 15) is 9.18 Å². The standard InChI is InChI=1S/C17H19FN2O2/c18-16-4-2-1-3-14(16)12-22-15-7-5-13(6-8-15)9-10-20-11-17(19)21/h1-8,20H,9-12H2,(H2,19,21). The van der Waals surface area contributed by atoms with Gasteiger partial charge in [-0.3, -0.25) is 4.79 Å². The Morgan fingerprint density at radius 3 is 2.55 bits per heavy atom. The number of ether oxygens (including phenoxy) is 1. The van der Waals surface area contributed by atoms with Crippen molar-refractivity contribution in [3.8, 4) is 5.75 Å². The van der Waals surface area contributed by atoms with Crippen LogP contribution in [0.1, 0.15) is 11.1 Å². The summed E-state index contributed by atoms with van der Waals surface area (Å²) < 4.78 is 19.0. The molecule has 2 aromatic rings. The SMILES string of the molecule is NC(=O)CNCCc1ccc(OCc2ccccc2F)cc1. The molecule has 0 saturated carbocycles. The molecule has 1 amide bonds. The molecule has 116 valence electrons. The van der Waals surface area contributed by atoms with Crippen molar-refractivity contribution in [2.45, 2.75) is 13.0 Å². The highest BCUT2D eigenvalue weighted by Crippen LogP contribution is 2.15. The maximum Gasteiger partial charge on any atom is 0.231 e. The molecule has 5 heteroatoms. The molecule has 0 radical (unpaired) electrons. The van der Waals surface area contributed by atoms with Gasteiger partial charge >= 0.3 is 0 Å². The number of hydrogen-bond acceptors (Lipinski definition) is 3. The summed E-state index contributed by atoms with van der Waals surface area (Å²) in [6, 6.07) is 14.2. The lowest BCUT2D eigenvalue weighted by atomic mass is 10.1. The molecule has 0 atom stereocenters. The van der Waals surface area contributed by atoms with Gasteiger partial charge in [-0.1, -0.05) is 30.3 Å². The summed E-state index contributed by atoms with van der Waals surface area (Å²) >= 11 is 0. The molecular weight excluding hydrogens is 283 g/mol. The Morgan fingerprint density at radius 2 is 1.86 bits per heavy atom. The van der Waals surface area contributed by atoms with Crippen LogP contribution in [0.15, 0.2) is 48.5 Å². The topological polar surface area (TPSA) is 64.4 Å². The van der Waals surface area contributed by atoms with Crippen LogP contribution in [0.3, 0.4) is 0 Å². The normalized spacial score (nSPS) is 10.4. The summed E-state index contributed by atoms with van der Waals surface area (Å²) in [7, 11) is 0. The molecule has 0 fully saturated rings. The first-order valence-electron chi connectivity index (χ1n) is 7.09. The Bertz CT molecular complexity index is 614. The minimum absolute atomic E-state index is 0.184. The van der Waals surface area contributed by atoms with Gasteiger partial charge in [0.1, 0.15) is 18.2 Å². The van der Waals surface area contributed by atoms with Crippen LogP contribution in [-0.4, -0.2) is 19.0 Å². The molecule has 2 rings (SSSR count). The first-order valence-corrected chi connectivity index (χ1v) is 7.09. The van der Waals surface area contributed by atoms with E-state index in [-0.39, 0.29) is 24.9 Å². The van der Waals surface area contributed by atoms with Gasteiger partial charge in [0, 0.05) is 5.56 Å². The van der Waals surface area contributed by atoms with Gasteiger partial charge in [-0.15, -0.1) is 0 Å². The third kappa shape index (κ3) is 5.18. The van der Waals surface area contributed by atoms with Gasteiger partial charge < -0.3 is 15.8 Å². The quantitative estimate of drug-likeness (QED) is 0.733. The molecule has 0 aliphatic carbocycles. The highest BCUT2D eigenvalue weighted by molar-refractivity contribution is 5.75. The Hall–Kier alpha value is -2.40. The van der Waals surface area contributed by atoms with Crippen molar-refractivity contribution in [3.63, 3.8) is 0 Å². The summed E-state index contributed by atoms with van der Waals surface area (Å²) in [6.07, 6.45) is 0.793. The maximum absolute atomic E-state index is 13.5. The van der Waals surface area contributed by atoms with Crippen molar-refractivity contribution in [2.24, 2.45) is 5.73 Å². The lowest BCUT2D eigenvalue weighted by molar-refractivity contribution is -0.117. The zero-order valence-electron chi connectivity index (χ0n) is 12.2. The molecule has 0 aromatic heterocycles. The van der Waals surface area contributed by atoms with Crippen molar-refractivity contribution < 1.29 is 13.9 Å². The predicted molar refractivity (Wildman–Crippen MR) is 82.9 cm³/mol. The Kier molecular flexibility index (Phi) is 5.91. The number of benzene rings is 2. The Morgan fingerprint density at radius 1 is 1.14 bits per heavy atom. The molecule has 3 N–H and O–H groups in total. The summed E-state index contributed by atoms with van der Waals surface area (Å²) in [4.78, 5) is 10.6. The van der Waals surface area contributed by atoms with Gasteiger partial charge in [-0.25, -0.2) is 4.39 Å². The van der Waals surface area contributed by atoms with Crippen molar-refractivity contribution in [1.82, 2.24) is 5.32 Å². The van der Waals surface area contributed by atoms with Gasteiger partial charge in [0.05, 0.1) is 6.54 Å². The molecule has 22 heavy (non-hydrogen) atoms. The number of carbonyl (C=O) groups is 1. The molecule has 0 spiro atoms. The Balaban J connectivity index is 1.79. The lowest BCUT2D eigenvalue weighted by Crippen LogP contribution is -2.29. The molecule has 0 unspecified atom stereocenters. The van der Waals surface area contributed by atoms with Gasteiger partial charge in [0.15, 0.2) is 0 Å². The predicted octanol–water partition coefficient (Wildman–Crippen LogP) is 2.02. The van der Waals surface area contributed by atoms with E-state index in [1.165, 1.54) is 6.07 Å². The fraction of sp³-hybridized carbons (Fsp3) is 0.235. The fourth-order valence-corrected chi connectivity index (χ4v) is 1.97. The third-order valence-electron chi connectivity index (χ3n) is 3.17. The molecule has 0 saturated heterocycles. The highest BCUT2D eigenvalue weighted by atomic mass is 19.1. The molecule has 0 heterocycles. The van der Waals surface area contributed by atoms with E-state index in [2.05, 4.69) is 5.32 Å². The van der Waals surface area contributed by atoms with E-state index in [1.54, 1.807) is 18.2 Å². The van der Waals surface area contributed by atoms with Crippen LogP contribution in [0, 0.1) is 5.82 Å². The second-order valence-electron chi connectivity index (χ2n) is 4.92. The number of carbonyl (C=O) groups excluding carboxylic acids is 1. The largest absolute Gasteiger partial charge is 0.489 e. The zero-order valence-corrected chi connectivity index (χ0v) is 12.2. The monoisotopic (exact) mass is 302 g/mol. The molecule has 4 nitrogen and oxygen atoms in total. The number of hydrogen-bond donors (Lipinski definition) is 2. The van der Waals surface area contributed by atoms with E-state index < -0.39 is 0 Å². The van der Waals surface area contributed by atoms with E-state index in [4.69, 9.17) is 10.5 Å². The maximum atomic E-state index is 13.5. The lowest BCUT2D eigenvalue weighted by Gasteiger charge is -2.08. The van der Waals surface area contributed by atoms with Crippen molar-refractivity contribution >= 4 is 5.91 Å². The number of primary amides is 1. The van der Waals surface area contributed by atoms with Crippen LogP contribution in [-0.2, 0) is 17.8 Å². The van der Waals surface area contributed by atoms with Crippen LogP contribution < -0.4 is 15.8 Å². The average Bonchev–Trinajstić information content (AvgIpc) is 2.52. The van der Waals surface area contributed by atoms with Crippen molar-refractivity contribution in [2.75, 3.05) is 13.1 Å². The van der Waals surface area contributed by atoms with Gasteiger partial charge in [-0.05, 0) is 36.7 Å². The molecule has 2 aromatic carbocycles. The molecule has 0 bridgehead atoms. The van der Waals surface area contributed by atoms with Gasteiger partial charge in [-0.2, -0.15) is 0 Å². The van der Waals surface area contributed by atoms with E-state index >= 15 is 0 Å². The summed E-state index contributed by atoms with van der Waals surface area (Å²) in [5.41, 5.74) is 6.69. The van der Waals surface area contributed by atoms with Crippen molar-refractivity contribution in [1.29, 1.82) is 0 Å². The number of nitrogens with two attached hydrogens (primary N) is 1. The minimum atomic E-state index is -0.364. The van der Waals surface area contributed by atoms with Gasteiger partial charge in [0.2, 0.25) is 5.91 Å². The smallest absolute Gasteiger partial charge is 0.231 e. The van der Waals surface area contributed by atoms with Gasteiger partial charge in [0.25, 0.3) is 0 Å².